The van der Waals surface area contributed by atoms with Crippen molar-refractivity contribution in [3.05, 3.63) is 45.3 Å². The van der Waals surface area contributed by atoms with Gasteiger partial charge in [0.1, 0.15) is 6.07 Å². The molecule has 3 rings (SSSR count). The number of halogens is 2. The van der Waals surface area contributed by atoms with Gasteiger partial charge < -0.3 is 10.5 Å². The number of hydrazine groups is 1. The van der Waals surface area contributed by atoms with Gasteiger partial charge in [-0.05, 0) is 18.6 Å². The molecule has 0 amide bonds. The number of hydrogen-bond donors (Lipinski definition) is 3. The molecule has 0 aliphatic carbocycles. The van der Waals surface area contributed by atoms with Crippen LogP contribution in [0, 0.1) is 17.2 Å². The Kier molecular flexibility index (Phi) is 3.72. The van der Waals surface area contributed by atoms with Gasteiger partial charge >= 0.3 is 0 Å². The monoisotopic (exact) mass is 324 g/mol. The molecular formula is C14H14Cl2N4O. The second-order valence-electron chi connectivity index (χ2n) is 5.20. The van der Waals surface area contributed by atoms with Crippen LogP contribution in [0.25, 0.3) is 0 Å². The van der Waals surface area contributed by atoms with Crippen molar-refractivity contribution in [1.82, 2.24) is 10.9 Å². The smallest absolute Gasteiger partial charge is 0.200 e. The van der Waals surface area contributed by atoms with Crippen molar-refractivity contribution in [2.75, 3.05) is 0 Å². The lowest BCUT2D eigenvalue weighted by atomic mass is 9.76. The van der Waals surface area contributed by atoms with Crippen molar-refractivity contribution in [2.24, 2.45) is 11.7 Å². The minimum Gasteiger partial charge on any atom is -0.458 e. The highest BCUT2D eigenvalue weighted by Gasteiger charge is 2.47. The molecule has 2 aliphatic heterocycles. The average Bonchev–Trinajstić information content (AvgIpc) is 2.82. The van der Waals surface area contributed by atoms with E-state index in [1.54, 1.807) is 6.07 Å². The molecule has 0 bridgehead atoms. The molecule has 4 unspecified atom stereocenters. The summed E-state index contributed by atoms with van der Waals surface area (Å²) in [6.45, 7) is 2.02. The highest BCUT2D eigenvalue weighted by Crippen LogP contribution is 2.45. The second kappa shape index (κ2) is 5.39. The Morgan fingerprint density at radius 2 is 2.10 bits per heavy atom. The lowest BCUT2D eigenvalue weighted by molar-refractivity contribution is 0.0351. The van der Waals surface area contributed by atoms with Crippen molar-refractivity contribution < 1.29 is 4.74 Å². The number of allylic oxidation sites excluding steroid dienone is 1. The van der Waals surface area contributed by atoms with E-state index in [4.69, 9.17) is 33.7 Å². The lowest BCUT2D eigenvalue weighted by Gasteiger charge is -2.35. The van der Waals surface area contributed by atoms with Gasteiger partial charge in [0.05, 0.1) is 15.6 Å². The van der Waals surface area contributed by atoms with Gasteiger partial charge in [-0.2, -0.15) is 5.26 Å². The predicted octanol–water partition coefficient (Wildman–Crippen LogP) is 2.24. The minimum absolute atomic E-state index is 0.0112. The number of fused-ring (bicyclic) bond motifs is 1. The van der Waals surface area contributed by atoms with Gasteiger partial charge in [0, 0.05) is 17.9 Å². The molecule has 1 aromatic carbocycles. The highest BCUT2D eigenvalue weighted by molar-refractivity contribution is 6.42. The zero-order valence-corrected chi connectivity index (χ0v) is 12.7. The van der Waals surface area contributed by atoms with Crippen molar-refractivity contribution in [1.29, 1.82) is 5.26 Å². The number of benzene rings is 1. The molecule has 2 heterocycles. The largest absolute Gasteiger partial charge is 0.458 e. The third kappa shape index (κ3) is 2.25. The lowest BCUT2D eigenvalue weighted by Crippen LogP contribution is -2.41. The molecule has 0 aromatic heterocycles. The number of nitrogens with two attached hydrogens (primary N) is 1. The Labute approximate surface area is 132 Å². The highest BCUT2D eigenvalue weighted by atomic mass is 35.5. The van der Waals surface area contributed by atoms with Crippen LogP contribution in [0.15, 0.2) is 29.7 Å². The van der Waals surface area contributed by atoms with Crippen LogP contribution in [0.3, 0.4) is 0 Å². The Morgan fingerprint density at radius 3 is 2.81 bits per heavy atom. The fourth-order valence-corrected chi connectivity index (χ4v) is 3.46. The Balaban J connectivity index is 2.17. The molecule has 4 atom stereocenters. The topological polar surface area (TPSA) is 83.1 Å². The quantitative estimate of drug-likeness (QED) is 0.738. The van der Waals surface area contributed by atoms with E-state index in [0.717, 1.165) is 5.56 Å². The number of nitrogens with zero attached hydrogens (tertiary/aromatic N) is 1. The van der Waals surface area contributed by atoms with Crippen molar-refractivity contribution in [2.45, 2.75) is 25.1 Å². The first-order chi connectivity index (χ1) is 10.0. The number of ether oxygens (including phenoxy) is 1. The van der Waals surface area contributed by atoms with Crippen LogP contribution in [0.1, 0.15) is 18.4 Å². The zero-order chi connectivity index (χ0) is 15.1. The summed E-state index contributed by atoms with van der Waals surface area (Å²) in [4.78, 5) is 0. The van der Waals surface area contributed by atoms with Gasteiger partial charge in [0.15, 0.2) is 6.23 Å². The maximum absolute atomic E-state index is 9.47. The third-order valence-corrected chi connectivity index (χ3v) is 4.87. The minimum atomic E-state index is -0.308. The summed E-state index contributed by atoms with van der Waals surface area (Å²) in [6.07, 6.45) is -0.308. The first kappa shape index (κ1) is 14.5. The van der Waals surface area contributed by atoms with Crippen LogP contribution in [0.5, 0.6) is 0 Å². The van der Waals surface area contributed by atoms with Crippen LogP contribution in [-0.2, 0) is 4.74 Å². The maximum Gasteiger partial charge on any atom is 0.200 e. The van der Waals surface area contributed by atoms with E-state index in [-0.39, 0.29) is 30.0 Å². The normalized spacial score (nSPS) is 31.5. The number of rotatable bonds is 1. The van der Waals surface area contributed by atoms with Gasteiger partial charge in [-0.1, -0.05) is 35.3 Å². The molecule has 1 saturated heterocycles. The van der Waals surface area contributed by atoms with E-state index in [2.05, 4.69) is 16.9 Å². The van der Waals surface area contributed by atoms with Crippen LogP contribution in [0.2, 0.25) is 10.0 Å². The summed E-state index contributed by atoms with van der Waals surface area (Å²) in [6, 6.07) is 7.66. The van der Waals surface area contributed by atoms with Crippen LogP contribution < -0.4 is 16.6 Å². The summed E-state index contributed by atoms with van der Waals surface area (Å²) in [7, 11) is 0. The van der Waals surface area contributed by atoms with Gasteiger partial charge in [-0.3, -0.25) is 5.43 Å². The number of nitrogens with one attached hydrogen (secondary N) is 2. The van der Waals surface area contributed by atoms with Crippen LogP contribution in [0.4, 0.5) is 0 Å². The first-order valence-corrected chi connectivity index (χ1v) is 7.31. The standard InChI is InChI=1S/C14H14Cl2N4O/c1-6-10-11(7-3-2-4-9(15)12(7)16)8(5-17)13(18)21-14(10)20-19-6/h2-4,6,10-11,14,19-20H,18H2,1H3. The van der Waals surface area contributed by atoms with E-state index in [1.807, 2.05) is 19.1 Å². The molecule has 21 heavy (non-hydrogen) atoms. The SMILES string of the molecule is CC1NNC2OC(N)=C(C#N)C(c3cccc(Cl)c3Cl)C12. The van der Waals surface area contributed by atoms with E-state index in [0.29, 0.717) is 15.6 Å². The summed E-state index contributed by atoms with van der Waals surface area (Å²) in [5, 5.41) is 10.4. The summed E-state index contributed by atoms with van der Waals surface area (Å²) in [5.41, 5.74) is 13.2. The number of hydrogen-bond acceptors (Lipinski definition) is 5. The Morgan fingerprint density at radius 1 is 1.33 bits per heavy atom. The van der Waals surface area contributed by atoms with E-state index >= 15 is 0 Å². The molecule has 1 aromatic rings. The molecular weight excluding hydrogens is 311 g/mol. The molecule has 1 fully saturated rings. The van der Waals surface area contributed by atoms with Crippen LogP contribution in [-0.4, -0.2) is 12.3 Å². The third-order valence-electron chi connectivity index (χ3n) is 4.03. The van der Waals surface area contributed by atoms with Crippen molar-refractivity contribution in [3.63, 3.8) is 0 Å². The van der Waals surface area contributed by atoms with E-state index < -0.39 is 0 Å². The predicted molar refractivity (Wildman–Crippen MR) is 80.1 cm³/mol. The molecule has 0 radical (unpaired) electrons. The Hall–Kier alpha value is -1.45. The summed E-state index contributed by atoms with van der Waals surface area (Å²) >= 11 is 12.5. The average molecular weight is 325 g/mol. The molecule has 110 valence electrons. The van der Waals surface area contributed by atoms with E-state index in [9.17, 15) is 5.26 Å². The fourth-order valence-electron chi connectivity index (χ4n) is 3.03. The molecule has 0 saturated carbocycles. The van der Waals surface area contributed by atoms with Crippen LogP contribution >= 0.6 is 23.2 Å². The Bertz CT molecular complexity index is 655. The number of nitriles is 1. The summed E-state index contributed by atoms with van der Waals surface area (Å²) < 4.78 is 5.59. The van der Waals surface area contributed by atoms with Crippen molar-refractivity contribution >= 4 is 23.2 Å². The molecule has 5 nitrogen and oxygen atoms in total. The van der Waals surface area contributed by atoms with Gasteiger partial charge in [-0.15, -0.1) is 0 Å². The van der Waals surface area contributed by atoms with Gasteiger partial charge in [0.2, 0.25) is 5.88 Å². The first-order valence-electron chi connectivity index (χ1n) is 6.56. The second-order valence-corrected chi connectivity index (χ2v) is 5.99. The molecule has 0 spiro atoms. The van der Waals surface area contributed by atoms with Crippen molar-refractivity contribution in [3.8, 4) is 6.07 Å². The molecule has 4 N–H and O–H groups in total. The zero-order valence-electron chi connectivity index (χ0n) is 11.2. The summed E-state index contributed by atoms with van der Waals surface area (Å²) in [5.74, 6) is -0.149. The maximum atomic E-state index is 9.47. The fraction of sp³-hybridized carbons (Fsp3) is 0.357. The molecule has 7 heteroatoms. The van der Waals surface area contributed by atoms with E-state index in [1.165, 1.54) is 0 Å². The van der Waals surface area contributed by atoms with Gasteiger partial charge in [0.25, 0.3) is 0 Å². The van der Waals surface area contributed by atoms with Gasteiger partial charge in [-0.25, -0.2) is 5.43 Å². The molecule has 2 aliphatic rings.